The number of rotatable bonds is 4. The average molecular weight is 330 g/mol. The molecule has 8 heteroatoms. The largest absolute Gasteiger partial charge is 0.499 e. The average Bonchev–Trinajstić information content (AvgIpc) is 3.17. The van der Waals surface area contributed by atoms with Gasteiger partial charge in [-0.15, -0.1) is 22.7 Å². The maximum absolute atomic E-state index is 9.15. The number of thiophene rings is 2. The van der Waals surface area contributed by atoms with Crippen molar-refractivity contribution in [3.05, 3.63) is 48.5 Å². The van der Waals surface area contributed by atoms with E-state index in [0.717, 1.165) is 20.9 Å². The normalized spacial score (nSPS) is 10.7. The number of hydrogen-bond donors (Lipinski definition) is 4. The van der Waals surface area contributed by atoms with E-state index < -0.39 is 14.2 Å². The lowest BCUT2D eigenvalue weighted by atomic mass is 9.90. The van der Waals surface area contributed by atoms with Gasteiger partial charge in [0.05, 0.1) is 0 Å². The predicted octanol–water partition coefficient (Wildman–Crippen LogP) is 0.503. The Hall–Kier alpha value is -1.41. The van der Waals surface area contributed by atoms with Gasteiger partial charge in [0.15, 0.2) is 0 Å². The number of hydrogen-bond acceptors (Lipinski definition) is 6. The molecule has 0 saturated heterocycles. The lowest BCUT2D eigenvalue weighted by Crippen LogP contribution is -2.26. The van der Waals surface area contributed by atoms with E-state index in [4.69, 9.17) is 20.1 Å². The van der Waals surface area contributed by atoms with Gasteiger partial charge in [-0.05, 0) is 23.3 Å². The van der Waals surface area contributed by atoms with Crippen molar-refractivity contribution >= 4 is 46.5 Å². The smallest absolute Gasteiger partial charge is 0.423 e. The second-order valence-electron chi connectivity index (χ2n) is 4.73. The fourth-order valence-corrected chi connectivity index (χ4v) is 3.86. The highest BCUT2D eigenvalue weighted by molar-refractivity contribution is 7.25. The predicted molar refractivity (Wildman–Crippen MR) is 92.7 cm³/mol. The highest BCUT2D eigenvalue weighted by Gasteiger charge is 2.15. The second-order valence-corrected chi connectivity index (χ2v) is 6.96. The van der Waals surface area contributed by atoms with E-state index >= 15 is 0 Å². The maximum atomic E-state index is 9.15. The third-order valence-corrected chi connectivity index (χ3v) is 5.57. The summed E-state index contributed by atoms with van der Waals surface area (Å²) in [5, 5.41) is 36.6. The Labute approximate surface area is 136 Å². The Morgan fingerprint density at radius 3 is 1.18 bits per heavy atom. The molecule has 0 aliphatic heterocycles. The van der Waals surface area contributed by atoms with Crippen LogP contribution in [0.15, 0.2) is 48.5 Å². The van der Waals surface area contributed by atoms with Crippen molar-refractivity contribution < 1.29 is 20.1 Å². The second kappa shape index (κ2) is 6.37. The third-order valence-electron chi connectivity index (χ3n) is 3.22. The first-order valence-electron chi connectivity index (χ1n) is 6.57. The molecule has 4 nitrogen and oxygen atoms in total. The fraction of sp³-hybridized carbons (Fsp3) is 0. The first-order chi connectivity index (χ1) is 10.5. The molecule has 3 aromatic rings. The van der Waals surface area contributed by atoms with Gasteiger partial charge in [0, 0.05) is 19.3 Å². The van der Waals surface area contributed by atoms with Crippen LogP contribution >= 0.6 is 22.7 Å². The molecule has 0 aliphatic carbocycles. The van der Waals surface area contributed by atoms with E-state index in [2.05, 4.69) is 0 Å². The van der Waals surface area contributed by atoms with Gasteiger partial charge in [-0.1, -0.05) is 36.4 Å². The molecule has 0 radical (unpaired) electrons. The molecule has 0 spiro atoms. The van der Waals surface area contributed by atoms with Crippen LogP contribution in [0.25, 0.3) is 20.9 Å². The molecular weight excluding hydrogens is 318 g/mol. The Bertz CT molecular complexity index is 700. The molecule has 0 amide bonds. The van der Waals surface area contributed by atoms with Crippen molar-refractivity contribution in [3.63, 3.8) is 0 Å². The van der Waals surface area contributed by atoms with Crippen LogP contribution in [-0.4, -0.2) is 34.3 Å². The number of benzene rings is 1. The van der Waals surface area contributed by atoms with E-state index in [1.807, 2.05) is 36.4 Å². The van der Waals surface area contributed by atoms with Gasteiger partial charge in [0.2, 0.25) is 0 Å². The third kappa shape index (κ3) is 3.17. The van der Waals surface area contributed by atoms with Crippen LogP contribution in [0.5, 0.6) is 0 Å². The Balaban J connectivity index is 1.85. The maximum Gasteiger partial charge on any atom is 0.499 e. The molecule has 4 N–H and O–H groups in total. The zero-order valence-corrected chi connectivity index (χ0v) is 13.0. The van der Waals surface area contributed by atoms with Crippen LogP contribution in [0, 0.1) is 0 Å². The molecule has 3 rings (SSSR count). The molecule has 1 aromatic carbocycles. The van der Waals surface area contributed by atoms with Gasteiger partial charge >= 0.3 is 14.2 Å². The Morgan fingerprint density at radius 1 is 0.545 bits per heavy atom. The lowest BCUT2D eigenvalue weighted by molar-refractivity contribution is 0.425. The van der Waals surface area contributed by atoms with E-state index in [-0.39, 0.29) is 0 Å². The van der Waals surface area contributed by atoms with Crippen molar-refractivity contribution in [2.75, 3.05) is 0 Å². The molecule has 22 heavy (non-hydrogen) atoms. The summed E-state index contributed by atoms with van der Waals surface area (Å²) >= 11 is 2.68. The zero-order chi connectivity index (χ0) is 15.7. The van der Waals surface area contributed by atoms with Crippen LogP contribution < -0.4 is 9.55 Å². The summed E-state index contributed by atoms with van der Waals surface area (Å²) < 4.78 is 1.03. The molecular formula is C14H12B2O4S2. The lowest BCUT2D eigenvalue weighted by Gasteiger charge is -2.01. The minimum atomic E-state index is -1.44. The minimum absolute atomic E-state index is 0.513. The minimum Gasteiger partial charge on any atom is -0.423 e. The summed E-state index contributed by atoms with van der Waals surface area (Å²) in [6.07, 6.45) is 0. The summed E-state index contributed by atoms with van der Waals surface area (Å²) in [6.45, 7) is 0. The molecule has 2 aromatic heterocycles. The van der Waals surface area contributed by atoms with Crippen molar-refractivity contribution in [3.8, 4) is 20.9 Å². The molecule has 0 unspecified atom stereocenters. The molecule has 0 atom stereocenters. The van der Waals surface area contributed by atoms with Gasteiger partial charge in [-0.3, -0.25) is 0 Å². The van der Waals surface area contributed by atoms with Crippen molar-refractivity contribution in [1.82, 2.24) is 0 Å². The molecule has 110 valence electrons. The first kappa shape index (κ1) is 15.5. The van der Waals surface area contributed by atoms with Crippen LogP contribution in [-0.2, 0) is 0 Å². The summed E-state index contributed by atoms with van der Waals surface area (Å²) in [7, 11) is -2.88. The Morgan fingerprint density at radius 2 is 0.909 bits per heavy atom. The van der Waals surface area contributed by atoms with Crippen LogP contribution in [0.1, 0.15) is 0 Å². The van der Waals surface area contributed by atoms with Gasteiger partial charge in [0.25, 0.3) is 0 Å². The standard InChI is InChI=1S/C14H12B2O4S2/c17-15(18)13-7-5-11(21-13)9-1-2-10(4-3-9)12-6-8-14(22-12)16(19)20/h1-8,17-20H. The van der Waals surface area contributed by atoms with E-state index in [9.17, 15) is 0 Å². The molecule has 0 bridgehead atoms. The van der Waals surface area contributed by atoms with Gasteiger partial charge in [-0.25, -0.2) is 0 Å². The highest BCUT2D eigenvalue weighted by atomic mass is 32.1. The summed E-state index contributed by atoms with van der Waals surface area (Å²) in [5.74, 6) is 0. The molecule has 0 aliphatic rings. The van der Waals surface area contributed by atoms with Gasteiger partial charge < -0.3 is 20.1 Å². The molecule has 0 saturated carbocycles. The zero-order valence-electron chi connectivity index (χ0n) is 11.4. The van der Waals surface area contributed by atoms with Crippen molar-refractivity contribution in [2.45, 2.75) is 0 Å². The summed E-state index contributed by atoms with van der Waals surface area (Å²) in [6, 6.07) is 15.0. The van der Waals surface area contributed by atoms with Crippen molar-refractivity contribution in [1.29, 1.82) is 0 Å². The van der Waals surface area contributed by atoms with Crippen LogP contribution in [0.4, 0.5) is 0 Å². The fourth-order valence-electron chi connectivity index (χ4n) is 2.09. The van der Waals surface area contributed by atoms with E-state index in [1.165, 1.54) is 22.7 Å². The van der Waals surface area contributed by atoms with Gasteiger partial charge in [0.1, 0.15) is 0 Å². The Kier molecular flexibility index (Phi) is 4.49. The van der Waals surface area contributed by atoms with E-state index in [1.54, 1.807) is 12.1 Å². The van der Waals surface area contributed by atoms with Gasteiger partial charge in [-0.2, -0.15) is 0 Å². The highest BCUT2D eigenvalue weighted by Crippen LogP contribution is 2.28. The SMILES string of the molecule is OB(O)c1ccc(-c2ccc(-c3ccc(B(O)O)s3)cc2)s1. The molecule has 0 fully saturated rings. The quantitative estimate of drug-likeness (QED) is 0.526. The monoisotopic (exact) mass is 330 g/mol. The summed E-state index contributed by atoms with van der Waals surface area (Å²) in [5.41, 5.74) is 2.00. The first-order valence-corrected chi connectivity index (χ1v) is 8.20. The van der Waals surface area contributed by atoms with E-state index in [0.29, 0.717) is 9.55 Å². The van der Waals surface area contributed by atoms with Crippen molar-refractivity contribution in [2.24, 2.45) is 0 Å². The summed E-state index contributed by atoms with van der Waals surface area (Å²) in [4.78, 5) is 1.93. The van der Waals surface area contributed by atoms with Crippen LogP contribution in [0.3, 0.4) is 0 Å². The topological polar surface area (TPSA) is 80.9 Å². The van der Waals surface area contributed by atoms with Crippen LogP contribution in [0.2, 0.25) is 0 Å². The molecule has 2 heterocycles.